The van der Waals surface area contributed by atoms with Crippen LogP contribution >= 0.6 is 11.3 Å². The molecule has 4 nitrogen and oxygen atoms in total. The second kappa shape index (κ2) is 6.11. The molecule has 1 aromatic heterocycles. The Morgan fingerprint density at radius 3 is 2.85 bits per heavy atom. The fourth-order valence-electron chi connectivity index (χ4n) is 1.70. The normalized spacial score (nSPS) is 12.2. The number of carbonyl (C=O) groups is 1. The molecule has 0 saturated carbocycles. The minimum Gasteiger partial charge on any atom is -0.375 e. The number of anilines is 1. The highest BCUT2D eigenvalue weighted by atomic mass is 32.1. The zero-order chi connectivity index (χ0) is 14.7. The summed E-state index contributed by atoms with van der Waals surface area (Å²) in [4.78, 5) is 15.3. The molecular formula is C14H15FN2O2S. The molecule has 20 heavy (non-hydrogen) atoms. The Balaban J connectivity index is 2.29. The number of thiazole rings is 1. The third kappa shape index (κ3) is 3.20. The van der Waals surface area contributed by atoms with Gasteiger partial charge in [-0.3, -0.25) is 4.79 Å². The highest BCUT2D eigenvalue weighted by Crippen LogP contribution is 2.29. The molecule has 0 bridgehead atoms. The van der Waals surface area contributed by atoms with Crippen molar-refractivity contribution < 1.29 is 13.9 Å². The highest BCUT2D eigenvalue weighted by molar-refractivity contribution is 7.10. The van der Waals surface area contributed by atoms with Gasteiger partial charge in [-0.25, -0.2) is 9.37 Å². The van der Waals surface area contributed by atoms with Crippen LogP contribution < -0.4 is 5.32 Å². The fourth-order valence-corrected chi connectivity index (χ4v) is 2.55. The number of rotatable bonds is 4. The predicted octanol–water partition coefficient (Wildman–Crippen LogP) is 3.62. The molecule has 1 aromatic carbocycles. The number of hydrogen-bond donors (Lipinski definition) is 1. The topological polar surface area (TPSA) is 51.2 Å². The molecule has 0 fully saturated rings. The molecule has 1 amide bonds. The lowest BCUT2D eigenvalue weighted by Gasteiger charge is -2.06. The van der Waals surface area contributed by atoms with Crippen LogP contribution in [-0.2, 0) is 9.53 Å². The van der Waals surface area contributed by atoms with Gasteiger partial charge in [0.05, 0.1) is 5.69 Å². The maximum absolute atomic E-state index is 14.1. The van der Waals surface area contributed by atoms with Crippen molar-refractivity contribution in [3.05, 3.63) is 34.4 Å². The van der Waals surface area contributed by atoms with Crippen molar-refractivity contribution in [3.63, 3.8) is 0 Å². The quantitative estimate of drug-likeness (QED) is 0.937. The highest BCUT2D eigenvalue weighted by Gasteiger charge is 2.13. The summed E-state index contributed by atoms with van der Waals surface area (Å²) in [5.74, 6) is -0.653. The van der Waals surface area contributed by atoms with Gasteiger partial charge in [0, 0.05) is 30.7 Å². The van der Waals surface area contributed by atoms with E-state index in [1.54, 1.807) is 24.6 Å². The van der Waals surface area contributed by atoms with E-state index in [0.717, 1.165) is 5.01 Å². The number of hydrogen-bond acceptors (Lipinski definition) is 4. The third-order valence-electron chi connectivity index (χ3n) is 2.79. The van der Waals surface area contributed by atoms with Gasteiger partial charge in [0.1, 0.15) is 16.9 Å². The molecule has 0 aliphatic heterocycles. The Morgan fingerprint density at radius 2 is 2.25 bits per heavy atom. The van der Waals surface area contributed by atoms with Crippen molar-refractivity contribution in [2.45, 2.75) is 20.0 Å². The average molecular weight is 294 g/mol. The van der Waals surface area contributed by atoms with Crippen LogP contribution in [0.3, 0.4) is 0 Å². The summed E-state index contributed by atoms with van der Waals surface area (Å²) in [5, 5.41) is 5.13. The molecule has 1 atom stereocenters. The lowest BCUT2D eigenvalue weighted by molar-refractivity contribution is -0.114. The molecule has 0 aliphatic carbocycles. The Morgan fingerprint density at radius 1 is 1.50 bits per heavy atom. The van der Waals surface area contributed by atoms with Gasteiger partial charge in [-0.05, 0) is 25.1 Å². The van der Waals surface area contributed by atoms with Crippen LogP contribution in [0, 0.1) is 5.82 Å². The summed E-state index contributed by atoms with van der Waals surface area (Å²) in [6, 6.07) is 4.55. The Kier molecular flexibility index (Phi) is 4.46. The van der Waals surface area contributed by atoms with Crippen LogP contribution in [0.25, 0.3) is 11.3 Å². The number of carbonyl (C=O) groups excluding carboxylic acids is 1. The van der Waals surface area contributed by atoms with Crippen LogP contribution in [0.4, 0.5) is 10.1 Å². The van der Waals surface area contributed by atoms with Crippen molar-refractivity contribution in [3.8, 4) is 11.3 Å². The summed E-state index contributed by atoms with van der Waals surface area (Å²) in [5.41, 5.74) is 1.41. The largest absolute Gasteiger partial charge is 0.375 e. The summed E-state index contributed by atoms with van der Waals surface area (Å²) in [6.07, 6.45) is -0.115. The number of ether oxygens (including phenoxy) is 1. The van der Waals surface area contributed by atoms with E-state index in [9.17, 15) is 9.18 Å². The molecule has 6 heteroatoms. The van der Waals surface area contributed by atoms with E-state index in [2.05, 4.69) is 10.3 Å². The van der Waals surface area contributed by atoms with Crippen molar-refractivity contribution in [1.82, 2.24) is 4.98 Å². The van der Waals surface area contributed by atoms with Gasteiger partial charge in [0.25, 0.3) is 0 Å². The van der Waals surface area contributed by atoms with Gasteiger partial charge >= 0.3 is 0 Å². The third-order valence-corrected chi connectivity index (χ3v) is 3.79. The molecule has 1 N–H and O–H groups in total. The monoisotopic (exact) mass is 294 g/mol. The zero-order valence-corrected chi connectivity index (χ0v) is 12.3. The predicted molar refractivity (Wildman–Crippen MR) is 77.2 cm³/mol. The average Bonchev–Trinajstić information content (AvgIpc) is 2.86. The number of nitrogens with one attached hydrogen (secondary N) is 1. The number of amides is 1. The molecule has 1 heterocycles. The molecule has 1 unspecified atom stereocenters. The molecule has 2 rings (SSSR count). The summed E-state index contributed by atoms with van der Waals surface area (Å²) < 4.78 is 19.2. The molecule has 0 radical (unpaired) electrons. The zero-order valence-electron chi connectivity index (χ0n) is 11.4. The fraction of sp³-hybridized carbons (Fsp3) is 0.286. The number of methoxy groups -OCH3 is 1. The van der Waals surface area contributed by atoms with Gasteiger partial charge in [-0.15, -0.1) is 11.3 Å². The van der Waals surface area contributed by atoms with Crippen LogP contribution in [0.5, 0.6) is 0 Å². The van der Waals surface area contributed by atoms with E-state index in [1.807, 2.05) is 6.92 Å². The molecular weight excluding hydrogens is 279 g/mol. The first kappa shape index (κ1) is 14.6. The van der Waals surface area contributed by atoms with Crippen LogP contribution in [0.15, 0.2) is 23.6 Å². The maximum atomic E-state index is 14.1. The van der Waals surface area contributed by atoms with E-state index in [0.29, 0.717) is 16.9 Å². The van der Waals surface area contributed by atoms with Crippen LogP contribution in [-0.4, -0.2) is 18.0 Å². The summed E-state index contributed by atoms with van der Waals surface area (Å²) >= 11 is 1.43. The Bertz CT molecular complexity index is 627. The minimum atomic E-state index is -0.418. The maximum Gasteiger partial charge on any atom is 0.221 e. The number of benzene rings is 1. The van der Waals surface area contributed by atoms with Crippen molar-refractivity contribution in [1.29, 1.82) is 0 Å². The molecule has 2 aromatic rings. The molecule has 0 saturated heterocycles. The lowest BCUT2D eigenvalue weighted by Crippen LogP contribution is -2.06. The second-order valence-corrected chi connectivity index (χ2v) is 5.21. The van der Waals surface area contributed by atoms with E-state index in [-0.39, 0.29) is 12.0 Å². The van der Waals surface area contributed by atoms with Crippen LogP contribution in [0.1, 0.15) is 25.0 Å². The SMILES string of the molecule is COC(C)c1nc(-c2ccc(NC(C)=O)cc2F)cs1. The molecule has 106 valence electrons. The van der Waals surface area contributed by atoms with Crippen molar-refractivity contribution in [2.24, 2.45) is 0 Å². The van der Waals surface area contributed by atoms with E-state index in [4.69, 9.17) is 4.74 Å². The molecule has 0 aliphatic rings. The van der Waals surface area contributed by atoms with Gasteiger partial charge in [0.2, 0.25) is 5.91 Å². The van der Waals surface area contributed by atoms with Gasteiger partial charge < -0.3 is 10.1 Å². The van der Waals surface area contributed by atoms with E-state index < -0.39 is 5.82 Å². The van der Waals surface area contributed by atoms with Crippen LogP contribution in [0.2, 0.25) is 0 Å². The van der Waals surface area contributed by atoms with Gasteiger partial charge in [0.15, 0.2) is 0 Å². The van der Waals surface area contributed by atoms with E-state index in [1.165, 1.54) is 24.3 Å². The van der Waals surface area contributed by atoms with Gasteiger partial charge in [-0.2, -0.15) is 0 Å². The number of aromatic nitrogens is 1. The smallest absolute Gasteiger partial charge is 0.221 e. The number of halogens is 1. The molecule has 0 spiro atoms. The van der Waals surface area contributed by atoms with Crippen molar-refractivity contribution >= 4 is 22.9 Å². The summed E-state index contributed by atoms with van der Waals surface area (Å²) in [6.45, 7) is 3.27. The lowest BCUT2D eigenvalue weighted by atomic mass is 10.1. The van der Waals surface area contributed by atoms with Gasteiger partial charge in [-0.1, -0.05) is 0 Å². The summed E-state index contributed by atoms with van der Waals surface area (Å²) in [7, 11) is 1.61. The first-order valence-electron chi connectivity index (χ1n) is 6.07. The number of nitrogens with zero attached hydrogens (tertiary/aromatic N) is 1. The first-order valence-corrected chi connectivity index (χ1v) is 6.95. The van der Waals surface area contributed by atoms with E-state index >= 15 is 0 Å². The second-order valence-electron chi connectivity index (χ2n) is 4.32. The minimum absolute atomic E-state index is 0.115. The Hall–Kier alpha value is -1.79. The first-order chi connectivity index (χ1) is 9.51. The standard InChI is InChI=1S/C14H15FN2O2S/c1-8(19-3)14-17-13(7-20-14)11-5-4-10(6-12(11)15)16-9(2)18/h4-8H,1-3H3,(H,16,18). The van der Waals surface area contributed by atoms with Crippen molar-refractivity contribution in [2.75, 3.05) is 12.4 Å². The Labute approximate surface area is 120 Å².